The zero-order valence-corrected chi connectivity index (χ0v) is 5.20. The Balaban J connectivity index is 2.49. The lowest BCUT2D eigenvalue weighted by molar-refractivity contribution is 0.384. The number of hydrogen-bond acceptors (Lipinski definition) is 3. The van der Waals surface area contributed by atoms with Gasteiger partial charge >= 0.3 is 11.3 Å². The van der Waals surface area contributed by atoms with Gasteiger partial charge in [0.25, 0.3) is 0 Å². The minimum Gasteiger partial charge on any atom is -0.269 e. The van der Waals surface area contributed by atoms with Crippen molar-refractivity contribution in [1.82, 2.24) is 4.72 Å². The smallest absolute Gasteiger partial charge is 0.269 e. The van der Waals surface area contributed by atoms with E-state index < -0.39 is 11.3 Å². The Morgan fingerprint density at radius 3 is 3.00 bits per heavy atom. The van der Waals surface area contributed by atoms with E-state index in [1.165, 1.54) is 0 Å². The van der Waals surface area contributed by atoms with Crippen molar-refractivity contribution >= 4 is 17.1 Å². The summed E-state index contributed by atoms with van der Waals surface area (Å²) in [4.78, 5) is 0. The van der Waals surface area contributed by atoms with E-state index in [2.05, 4.69) is 14.2 Å². The van der Waals surface area contributed by atoms with Crippen LogP contribution < -0.4 is 4.72 Å². The molecule has 0 aliphatic carbocycles. The molecule has 1 N–H and O–H groups in total. The van der Waals surface area contributed by atoms with Crippen LogP contribution in [0.25, 0.3) is 0 Å². The maximum Gasteiger partial charge on any atom is 0.338 e. The summed E-state index contributed by atoms with van der Waals surface area (Å²) in [5, 5.41) is 3.44. The second kappa shape index (κ2) is 2.13. The molecule has 0 bridgehead atoms. The average molecular weight is 134 g/mol. The van der Waals surface area contributed by atoms with Gasteiger partial charge in [0.05, 0.1) is 0 Å². The summed E-state index contributed by atoms with van der Waals surface area (Å²) in [6, 6.07) is 0. The Morgan fingerprint density at radius 1 is 2.00 bits per heavy atom. The van der Waals surface area contributed by atoms with Gasteiger partial charge in [0.15, 0.2) is 5.84 Å². The number of nitrogens with one attached hydrogen (secondary N) is 1. The van der Waals surface area contributed by atoms with Crippen molar-refractivity contribution in [2.24, 2.45) is 5.16 Å². The molecule has 1 atom stereocenters. The van der Waals surface area contributed by atoms with E-state index in [1.807, 2.05) is 6.92 Å². The normalized spacial score (nSPS) is 26.1. The summed E-state index contributed by atoms with van der Waals surface area (Å²) in [5.41, 5.74) is 0. The molecule has 1 heterocycles. The predicted octanol–water partition coefficient (Wildman–Crippen LogP) is -0.0916. The highest BCUT2D eigenvalue weighted by Crippen LogP contribution is 1.95. The highest BCUT2D eigenvalue weighted by atomic mass is 32.2. The van der Waals surface area contributed by atoms with Crippen molar-refractivity contribution in [2.75, 3.05) is 0 Å². The third-order valence-electron chi connectivity index (χ3n) is 0.751. The molecular formula is C3H6N2O2S. The van der Waals surface area contributed by atoms with Gasteiger partial charge in [0.1, 0.15) is 0 Å². The average Bonchev–Trinajstić information content (AvgIpc) is 2.14. The van der Waals surface area contributed by atoms with Gasteiger partial charge in [-0.05, 0) is 0 Å². The molecule has 4 nitrogen and oxygen atoms in total. The molecule has 1 unspecified atom stereocenters. The molecule has 5 heteroatoms. The van der Waals surface area contributed by atoms with Gasteiger partial charge in [-0.2, -0.15) is 4.21 Å². The van der Waals surface area contributed by atoms with Crippen LogP contribution >= 0.6 is 0 Å². The zero-order valence-electron chi connectivity index (χ0n) is 4.38. The summed E-state index contributed by atoms with van der Waals surface area (Å²) in [6.07, 6.45) is 0.728. The second-order valence-electron chi connectivity index (χ2n) is 1.30. The first-order valence-corrected chi connectivity index (χ1v) is 3.33. The van der Waals surface area contributed by atoms with E-state index in [0.717, 1.165) is 6.42 Å². The molecular weight excluding hydrogens is 128 g/mol. The topological polar surface area (TPSA) is 50.7 Å². The fraction of sp³-hybridized carbons (Fsp3) is 0.667. The van der Waals surface area contributed by atoms with E-state index in [0.29, 0.717) is 5.84 Å². The van der Waals surface area contributed by atoms with Crippen LogP contribution in [0.2, 0.25) is 0 Å². The number of rotatable bonds is 1. The molecule has 0 radical (unpaired) electrons. The van der Waals surface area contributed by atoms with Gasteiger partial charge in [0.2, 0.25) is 0 Å². The maximum atomic E-state index is 10.3. The third kappa shape index (κ3) is 0.975. The Morgan fingerprint density at radius 2 is 2.75 bits per heavy atom. The van der Waals surface area contributed by atoms with Gasteiger partial charge in [-0.3, -0.25) is 9.01 Å². The summed E-state index contributed by atoms with van der Waals surface area (Å²) in [5.74, 6) is 0.642. The van der Waals surface area contributed by atoms with Crippen molar-refractivity contribution in [1.29, 1.82) is 0 Å². The molecule has 46 valence electrons. The number of nitrogens with zero attached hydrogens (tertiary/aromatic N) is 1. The first kappa shape index (κ1) is 5.55. The monoisotopic (exact) mass is 134 g/mol. The van der Waals surface area contributed by atoms with Crippen LogP contribution in [0.3, 0.4) is 0 Å². The van der Waals surface area contributed by atoms with Crippen LogP contribution in [-0.2, 0) is 15.6 Å². The summed E-state index contributed by atoms with van der Waals surface area (Å²) in [7, 11) is 0. The molecule has 0 spiro atoms. The number of oxime groups is 1. The van der Waals surface area contributed by atoms with Gasteiger partial charge < -0.3 is 0 Å². The lowest BCUT2D eigenvalue weighted by atomic mass is 10.5. The number of hydrogen-bond donors (Lipinski definition) is 1. The summed E-state index contributed by atoms with van der Waals surface area (Å²) in [6.45, 7) is 1.90. The van der Waals surface area contributed by atoms with Crippen molar-refractivity contribution in [3.63, 3.8) is 0 Å². The second-order valence-corrected chi connectivity index (χ2v) is 2.13. The lowest BCUT2D eigenvalue weighted by Crippen LogP contribution is -2.17. The van der Waals surface area contributed by atoms with Crippen molar-refractivity contribution < 1.29 is 8.49 Å². The Kier molecular flexibility index (Phi) is 1.48. The Hall–Kier alpha value is -0.580. The van der Waals surface area contributed by atoms with E-state index in [4.69, 9.17) is 0 Å². The van der Waals surface area contributed by atoms with Crippen LogP contribution in [0.15, 0.2) is 5.16 Å². The van der Waals surface area contributed by atoms with E-state index in [9.17, 15) is 4.21 Å². The van der Waals surface area contributed by atoms with Crippen LogP contribution in [0.4, 0.5) is 0 Å². The minimum atomic E-state index is -1.41. The standard InChI is InChI=1S/C3H6N2O2S/c1-2-3-4-7-8(6)5-3/h2H2,1H3,(H,4,5). The molecule has 0 saturated carbocycles. The first-order chi connectivity index (χ1) is 3.83. The molecule has 0 fully saturated rings. The molecule has 0 amide bonds. The van der Waals surface area contributed by atoms with Crippen molar-refractivity contribution in [3.8, 4) is 0 Å². The fourth-order valence-electron chi connectivity index (χ4n) is 0.349. The molecule has 0 aromatic heterocycles. The maximum absolute atomic E-state index is 10.3. The minimum absolute atomic E-state index is 0.642. The molecule has 0 aromatic carbocycles. The largest absolute Gasteiger partial charge is 0.338 e. The van der Waals surface area contributed by atoms with Crippen LogP contribution in [0, 0.1) is 0 Å². The van der Waals surface area contributed by atoms with E-state index >= 15 is 0 Å². The predicted molar refractivity (Wildman–Crippen MR) is 30.1 cm³/mol. The van der Waals surface area contributed by atoms with Crippen molar-refractivity contribution in [3.05, 3.63) is 0 Å². The fourth-order valence-corrected chi connectivity index (χ4v) is 0.918. The van der Waals surface area contributed by atoms with Gasteiger partial charge in [-0.15, -0.1) is 0 Å². The van der Waals surface area contributed by atoms with Gasteiger partial charge in [0, 0.05) is 6.42 Å². The summed E-state index contributed by atoms with van der Waals surface area (Å²) >= 11 is -1.41. The van der Waals surface area contributed by atoms with Crippen LogP contribution in [-0.4, -0.2) is 10.0 Å². The molecule has 0 aromatic rings. The quantitative estimate of drug-likeness (QED) is 0.544. The van der Waals surface area contributed by atoms with Crippen LogP contribution in [0.5, 0.6) is 0 Å². The molecule has 8 heavy (non-hydrogen) atoms. The Labute approximate surface area is 49.7 Å². The molecule has 1 rings (SSSR count). The third-order valence-corrected chi connectivity index (χ3v) is 1.36. The molecule has 1 aliphatic rings. The van der Waals surface area contributed by atoms with Crippen molar-refractivity contribution in [2.45, 2.75) is 13.3 Å². The van der Waals surface area contributed by atoms with Gasteiger partial charge in [-0.1, -0.05) is 12.1 Å². The van der Waals surface area contributed by atoms with Gasteiger partial charge in [-0.25, -0.2) is 0 Å². The molecule has 1 aliphatic heterocycles. The Bertz CT molecular complexity index is 144. The highest BCUT2D eigenvalue weighted by Gasteiger charge is 2.10. The highest BCUT2D eigenvalue weighted by molar-refractivity contribution is 7.79. The zero-order chi connectivity index (χ0) is 5.98. The lowest BCUT2D eigenvalue weighted by Gasteiger charge is -1.86. The van der Waals surface area contributed by atoms with E-state index in [1.54, 1.807) is 0 Å². The SMILES string of the molecule is CCC1=NOS(=O)N1. The first-order valence-electron chi connectivity index (χ1n) is 2.25. The number of amidine groups is 1. The summed E-state index contributed by atoms with van der Waals surface area (Å²) < 4.78 is 17.1. The van der Waals surface area contributed by atoms with Crippen LogP contribution in [0.1, 0.15) is 13.3 Å². The molecule has 0 saturated heterocycles. The van der Waals surface area contributed by atoms with E-state index in [-0.39, 0.29) is 0 Å².